The molecule has 0 rings (SSSR count). The van der Waals surface area contributed by atoms with E-state index in [0.29, 0.717) is 13.1 Å². The van der Waals surface area contributed by atoms with E-state index in [9.17, 15) is 9.59 Å². The molecule has 0 spiro atoms. The molecule has 5 nitrogen and oxygen atoms in total. The van der Waals surface area contributed by atoms with E-state index in [1.165, 1.54) is 12.8 Å². The molecule has 19 heavy (non-hydrogen) atoms. The highest BCUT2D eigenvalue weighted by Crippen LogP contribution is 2.06. The fraction of sp³-hybridized carbons (Fsp3) is 0.857. The average molecular weight is 272 g/mol. The highest BCUT2D eigenvalue weighted by molar-refractivity contribution is 5.76. The van der Waals surface area contributed by atoms with Crippen LogP contribution in [0.3, 0.4) is 0 Å². The van der Waals surface area contributed by atoms with E-state index in [1.807, 2.05) is 0 Å². The van der Waals surface area contributed by atoms with Gasteiger partial charge in [-0.1, -0.05) is 26.2 Å². The Balaban J connectivity index is 3.50. The largest absolute Gasteiger partial charge is 0.444 e. The van der Waals surface area contributed by atoms with Crippen molar-refractivity contribution < 1.29 is 14.3 Å². The molecular weight excluding hydrogens is 244 g/mol. The van der Waals surface area contributed by atoms with E-state index >= 15 is 0 Å². The van der Waals surface area contributed by atoms with Gasteiger partial charge in [0.1, 0.15) is 5.60 Å². The number of ether oxygens (including phenoxy) is 1. The third kappa shape index (κ3) is 13.0. The molecule has 2 amide bonds. The lowest BCUT2D eigenvalue weighted by Crippen LogP contribution is -2.35. The molecule has 0 aromatic rings. The van der Waals surface area contributed by atoms with Crippen molar-refractivity contribution in [2.45, 2.75) is 65.4 Å². The maximum absolute atomic E-state index is 11.4. The van der Waals surface area contributed by atoms with Gasteiger partial charge in [-0.15, -0.1) is 0 Å². The maximum Gasteiger partial charge on any atom is 0.407 e. The summed E-state index contributed by atoms with van der Waals surface area (Å²) in [5, 5.41) is 5.39. The van der Waals surface area contributed by atoms with Gasteiger partial charge in [-0.3, -0.25) is 4.79 Å². The lowest BCUT2D eigenvalue weighted by Gasteiger charge is -2.19. The summed E-state index contributed by atoms with van der Waals surface area (Å²) in [6, 6.07) is 0. The van der Waals surface area contributed by atoms with Crippen LogP contribution in [0.4, 0.5) is 4.79 Å². The molecule has 0 fully saturated rings. The van der Waals surface area contributed by atoms with Gasteiger partial charge in [-0.25, -0.2) is 4.79 Å². The first-order chi connectivity index (χ1) is 8.85. The van der Waals surface area contributed by atoms with Gasteiger partial charge >= 0.3 is 6.09 Å². The first-order valence-corrected chi connectivity index (χ1v) is 7.08. The van der Waals surface area contributed by atoms with Crippen LogP contribution in [0.2, 0.25) is 0 Å². The fourth-order valence-electron chi connectivity index (χ4n) is 1.46. The molecular formula is C14H28N2O3. The van der Waals surface area contributed by atoms with Crippen LogP contribution in [0.1, 0.15) is 59.8 Å². The Morgan fingerprint density at radius 2 is 1.68 bits per heavy atom. The Kier molecular flexibility index (Phi) is 9.00. The van der Waals surface area contributed by atoms with Crippen molar-refractivity contribution in [3.63, 3.8) is 0 Å². The van der Waals surface area contributed by atoms with Crippen LogP contribution in [-0.2, 0) is 9.53 Å². The monoisotopic (exact) mass is 272 g/mol. The molecule has 0 bridgehead atoms. The number of carbonyl (C=O) groups excluding carboxylic acids is 2. The van der Waals surface area contributed by atoms with Crippen LogP contribution in [0, 0.1) is 0 Å². The van der Waals surface area contributed by atoms with Crippen molar-refractivity contribution in [2.75, 3.05) is 13.1 Å². The van der Waals surface area contributed by atoms with Gasteiger partial charge in [-0.05, 0) is 27.2 Å². The van der Waals surface area contributed by atoms with Gasteiger partial charge < -0.3 is 15.4 Å². The molecule has 0 aromatic carbocycles. The van der Waals surface area contributed by atoms with E-state index in [2.05, 4.69) is 17.6 Å². The summed E-state index contributed by atoms with van der Waals surface area (Å²) in [6.07, 6.45) is 4.35. The third-order valence-electron chi connectivity index (χ3n) is 2.37. The second-order valence-corrected chi connectivity index (χ2v) is 5.59. The lowest BCUT2D eigenvalue weighted by molar-refractivity contribution is -0.120. The van der Waals surface area contributed by atoms with Crippen LogP contribution in [0.15, 0.2) is 0 Å². The van der Waals surface area contributed by atoms with Gasteiger partial charge in [0.15, 0.2) is 0 Å². The van der Waals surface area contributed by atoms with Crippen LogP contribution >= 0.6 is 0 Å². The molecule has 0 aromatic heterocycles. The molecule has 0 aliphatic heterocycles. The van der Waals surface area contributed by atoms with Gasteiger partial charge in [0.25, 0.3) is 0 Å². The van der Waals surface area contributed by atoms with Crippen LogP contribution in [0.25, 0.3) is 0 Å². The third-order valence-corrected chi connectivity index (χ3v) is 2.37. The Hall–Kier alpha value is -1.26. The maximum atomic E-state index is 11.4. The van der Waals surface area contributed by atoms with Crippen molar-refractivity contribution in [3.05, 3.63) is 0 Å². The molecule has 0 aliphatic carbocycles. The average Bonchev–Trinajstić information content (AvgIpc) is 2.26. The Bertz CT molecular complexity index is 272. The fourth-order valence-corrected chi connectivity index (χ4v) is 1.46. The Morgan fingerprint density at radius 3 is 2.26 bits per heavy atom. The first-order valence-electron chi connectivity index (χ1n) is 7.08. The zero-order chi connectivity index (χ0) is 14.7. The summed E-state index contributed by atoms with van der Waals surface area (Å²) in [5.74, 6) is -0.0347. The quantitative estimate of drug-likeness (QED) is 0.667. The van der Waals surface area contributed by atoms with Crippen LogP contribution < -0.4 is 10.6 Å². The second-order valence-electron chi connectivity index (χ2n) is 5.59. The lowest BCUT2D eigenvalue weighted by atomic mass is 10.2. The Labute approximate surface area is 116 Å². The van der Waals surface area contributed by atoms with Crippen molar-refractivity contribution in [3.8, 4) is 0 Å². The molecule has 112 valence electrons. The molecule has 0 heterocycles. The van der Waals surface area contributed by atoms with E-state index in [-0.39, 0.29) is 12.3 Å². The van der Waals surface area contributed by atoms with Crippen molar-refractivity contribution in [1.82, 2.24) is 10.6 Å². The smallest absolute Gasteiger partial charge is 0.407 e. The van der Waals surface area contributed by atoms with E-state index in [0.717, 1.165) is 12.8 Å². The number of hydrogen-bond acceptors (Lipinski definition) is 3. The number of carbonyl (C=O) groups is 2. The minimum atomic E-state index is -0.508. The molecule has 5 heteroatoms. The van der Waals surface area contributed by atoms with Gasteiger partial charge in [0.2, 0.25) is 5.91 Å². The number of unbranched alkanes of at least 4 members (excludes halogenated alkanes) is 3. The SMILES string of the molecule is CCCCCCNC(=O)CCNC(=O)OC(C)(C)C. The normalized spacial score (nSPS) is 10.9. The molecule has 0 unspecified atom stereocenters. The summed E-state index contributed by atoms with van der Waals surface area (Å²) in [7, 11) is 0. The highest BCUT2D eigenvalue weighted by Gasteiger charge is 2.15. The Morgan fingerprint density at radius 1 is 1.00 bits per heavy atom. The summed E-state index contributed by atoms with van der Waals surface area (Å²) in [4.78, 5) is 22.7. The van der Waals surface area contributed by atoms with Gasteiger partial charge in [-0.2, -0.15) is 0 Å². The molecule has 0 radical (unpaired) electrons. The van der Waals surface area contributed by atoms with Crippen molar-refractivity contribution in [1.29, 1.82) is 0 Å². The zero-order valence-corrected chi connectivity index (χ0v) is 12.7. The first kappa shape index (κ1) is 17.7. The van der Waals surface area contributed by atoms with Gasteiger partial charge in [0.05, 0.1) is 0 Å². The number of hydrogen-bond donors (Lipinski definition) is 2. The zero-order valence-electron chi connectivity index (χ0n) is 12.7. The molecule has 0 aliphatic rings. The van der Waals surface area contributed by atoms with Crippen LogP contribution in [0.5, 0.6) is 0 Å². The summed E-state index contributed by atoms with van der Waals surface area (Å²) in [6.45, 7) is 8.57. The topological polar surface area (TPSA) is 67.4 Å². The minimum absolute atomic E-state index is 0.0347. The molecule has 0 atom stereocenters. The second kappa shape index (κ2) is 9.64. The standard InChI is InChI=1S/C14H28N2O3/c1-5-6-7-8-10-15-12(17)9-11-16-13(18)19-14(2,3)4/h5-11H2,1-4H3,(H,15,17)(H,16,18). The predicted octanol–water partition coefficient (Wildman–Crippen LogP) is 2.60. The summed E-state index contributed by atoms with van der Waals surface area (Å²) >= 11 is 0. The number of alkyl carbamates (subject to hydrolysis) is 1. The number of rotatable bonds is 8. The number of nitrogens with one attached hydrogen (secondary N) is 2. The summed E-state index contributed by atoms with van der Waals surface area (Å²) in [5.41, 5.74) is -0.508. The molecule has 0 saturated carbocycles. The summed E-state index contributed by atoms with van der Waals surface area (Å²) < 4.78 is 5.06. The molecule has 2 N–H and O–H groups in total. The van der Waals surface area contributed by atoms with E-state index in [4.69, 9.17) is 4.74 Å². The minimum Gasteiger partial charge on any atom is -0.444 e. The number of amides is 2. The van der Waals surface area contributed by atoms with Gasteiger partial charge in [0, 0.05) is 19.5 Å². The molecule has 0 saturated heterocycles. The van der Waals surface area contributed by atoms with Crippen LogP contribution in [-0.4, -0.2) is 30.7 Å². The van der Waals surface area contributed by atoms with E-state index < -0.39 is 11.7 Å². The highest BCUT2D eigenvalue weighted by atomic mass is 16.6. The van der Waals surface area contributed by atoms with Crippen molar-refractivity contribution >= 4 is 12.0 Å². The van der Waals surface area contributed by atoms with Crippen molar-refractivity contribution in [2.24, 2.45) is 0 Å². The van der Waals surface area contributed by atoms with E-state index in [1.54, 1.807) is 20.8 Å². The predicted molar refractivity (Wildman–Crippen MR) is 76.0 cm³/mol.